The van der Waals surface area contributed by atoms with E-state index in [4.69, 9.17) is 0 Å². The van der Waals surface area contributed by atoms with Gasteiger partial charge in [-0.15, -0.1) is 0 Å². The summed E-state index contributed by atoms with van der Waals surface area (Å²) in [5.41, 5.74) is 0.393. The summed E-state index contributed by atoms with van der Waals surface area (Å²) < 4.78 is 12.9. The van der Waals surface area contributed by atoms with Gasteiger partial charge < -0.3 is 10.4 Å². The number of nitrogens with one attached hydrogen (secondary N) is 1. The number of rotatable bonds is 5. The smallest absolute Gasteiger partial charge is 0.123 e. The summed E-state index contributed by atoms with van der Waals surface area (Å²) in [6, 6.07) is 5.83. The van der Waals surface area contributed by atoms with Crippen molar-refractivity contribution in [3.05, 3.63) is 59.9 Å². The maximum absolute atomic E-state index is 12.9. The van der Waals surface area contributed by atoms with Crippen molar-refractivity contribution in [3.8, 4) is 0 Å². The highest BCUT2D eigenvalue weighted by atomic mass is 19.1. The molecule has 4 nitrogen and oxygen atoms in total. The first-order valence-electron chi connectivity index (χ1n) is 6.47. The van der Waals surface area contributed by atoms with E-state index in [1.807, 2.05) is 6.92 Å². The number of hydrogen-bond acceptors (Lipinski definition) is 4. The van der Waals surface area contributed by atoms with E-state index in [9.17, 15) is 9.50 Å². The topological polar surface area (TPSA) is 58.0 Å². The maximum atomic E-state index is 12.9. The summed E-state index contributed by atoms with van der Waals surface area (Å²) in [4.78, 5) is 8.22. The summed E-state index contributed by atoms with van der Waals surface area (Å²) in [6.45, 7) is 3.97. The van der Waals surface area contributed by atoms with Crippen molar-refractivity contribution in [3.63, 3.8) is 0 Å². The van der Waals surface area contributed by atoms with Crippen LogP contribution in [0.1, 0.15) is 31.1 Å². The molecule has 0 fully saturated rings. The Kier molecular flexibility index (Phi) is 4.42. The van der Waals surface area contributed by atoms with Crippen LogP contribution in [0.5, 0.6) is 0 Å². The molecule has 2 N–H and O–H groups in total. The Morgan fingerprint density at radius 1 is 1.30 bits per heavy atom. The van der Waals surface area contributed by atoms with Gasteiger partial charge in [0, 0.05) is 31.2 Å². The van der Waals surface area contributed by atoms with E-state index in [2.05, 4.69) is 15.3 Å². The number of halogens is 1. The van der Waals surface area contributed by atoms with Crippen LogP contribution >= 0.6 is 0 Å². The van der Waals surface area contributed by atoms with Crippen molar-refractivity contribution >= 4 is 0 Å². The Morgan fingerprint density at radius 2 is 2.00 bits per heavy atom. The Hall–Kier alpha value is -1.85. The average molecular weight is 275 g/mol. The molecule has 0 radical (unpaired) electrons. The van der Waals surface area contributed by atoms with Gasteiger partial charge in [-0.25, -0.2) is 4.39 Å². The van der Waals surface area contributed by atoms with Crippen LogP contribution in [0.25, 0.3) is 0 Å². The Labute approximate surface area is 117 Å². The number of hydrogen-bond donors (Lipinski definition) is 2. The van der Waals surface area contributed by atoms with Gasteiger partial charge in [0.1, 0.15) is 5.82 Å². The van der Waals surface area contributed by atoms with Gasteiger partial charge in [-0.2, -0.15) is 0 Å². The lowest BCUT2D eigenvalue weighted by Gasteiger charge is -2.26. The van der Waals surface area contributed by atoms with Crippen molar-refractivity contribution in [1.82, 2.24) is 15.3 Å². The number of aromatic nitrogens is 2. The van der Waals surface area contributed by atoms with Crippen LogP contribution in [-0.2, 0) is 5.60 Å². The minimum absolute atomic E-state index is 0.0318. The summed E-state index contributed by atoms with van der Waals surface area (Å²) >= 11 is 0. The standard InChI is InChI=1S/C15H18FN3O/c1-11(14-9-17-7-8-18-14)19-10-15(2,20)12-3-5-13(16)6-4-12/h3-9,11,19-20H,10H2,1-2H3. The fraction of sp³-hybridized carbons (Fsp3) is 0.333. The molecule has 2 rings (SSSR count). The minimum atomic E-state index is -1.08. The molecule has 1 aromatic heterocycles. The summed E-state index contributed by atoms with van der Waals surface area (Å²) in [7, 11) is 0. The molecule has 1 aromatic carbocycles. The molecule has 5 heteroatoms. The van der Waals surface area contributed by atoms with Crippen LogP contribution in [0, 0.1) is 5.82 Å². The summed E-state index contributed by atoms with van der Waals surface area (Å²) in [5.74, 6) is -0.314. The highest BCUT2D eigenvalue weighted by Crippen LogP contribution is 2.21. The number of aliphatic hydroxyl groups is 1. The molecule has 1 heterocycles. The average Bonchev–Trinajstić information content (AvgIpc) is 2.46. The lowest BCUT2D eigenvalue weighted by molar-refractivity contribution is 0.0541. The molecule has 0 saturated carbocycles. The van der Waals surface area contributed by atoms with E-state index in [-0.39, 0.29) is 11.9 Å². The fourth-order valence-electron chi connectivity index (χ4n) is 1.90. The molecular formula is C15H18FN3O. The Morgan fingerprint density at radius 3 is 2.60 bits per heavy atom. The predicted octanol–water partition coefficient (Wildman–Crippen LogP) is 2.17. The SMILES string of the molecule is CC(NCC(C)(O)c1ccc(F)cc1)c1cnccn1. The zero-order chi connectivity index (χ0) is 14.6. The van der Waals surface area contributed by atoms with Gasteiger partial charge in [0.15, 0.2) is 0 Å². The molecule has 0 spiro atoms. The lowest BCUT2D eigenvalue weighted by atomic mass is 9.95. The zero-order valence-corrected chi connectivity index (χ0v) is 11.5. The molecule has 2 unspecified atom stereocenters. The van der Waals surface area contributed by atoms with Crippen molar-refractivity contribution in [2.75, 3.05) is 6.54 Å². The van der Waals surface area contributed by atoms with Gasteiger partial charge in [0.25, 0.3) is 0 Å². The van der Waals surface area contributed by atoms with E-state index in [0.29, 0.717) is 12.1 Å². The number of benzene rings is 1. The van der Waals surface area contributed by atoms with E-state index < -0.39 is 5.60 Å². The van der Waals surface area contributed by atoms with Crippen molar-refractivity contribution in [2.45, 2.75) is 25.5 Å². The summed E-state index contributed by atoms with van der Waals surface area (Å²) in [5, 5.41) is 13.7. The van der Waals surface area contributed by atoms with Gasteiger partial charge in [-0.3, -0.25) is 9.97 Å². The molecule has 106 valence electrons. The van der Waals surface area contributed by atoms with Crippen LogP contribution in [0.15, 0.2) is 42.9 Å². The quantitative estimate of drug-likeness (QED) is 0.878. The molecule has 0 bridgehead atoms. The van der Waals surface area contributed by atoms with Gasteiger partial charge >= 0.3 is 0 Å². The lowest BCUT2D eigenvalue weighted by Crippen LogP contribution is -2.36. The summed E-state index contributed by atoms with van der Waals surface area (Å²) in [6.07, 6.45) is 4.93. The van der Waals surface area contributed by atoms with Gasteiger partial charge in [0.05, 0.1) is 11.3 Å². The minimum Gasteiger partial charge on any atom is -0.384 e. The zero-order valence-electron chi connectivity index (χ0n) is 11.5. The fourth-order valence-corrected chi connectivity index (χ4v) is 1.90. The van der Waals surface area contributed by atoms with Crippen LogP contribution in [0.3, 0.4) is 0 Å². The molecule has 0 aliphatic carbocycles. The second kappa shape index (κ2) is 6.07. The third-order valence-corrected chi connectivity index (χ3v) is 3.25. The number of nitrogens with zero attached hydrogens (tertiary/aromatic N) is 2. The first kappa shape index (κ1) is 14.6. The second-order valence-electron chi connectivity index (χ2n) is 5.01. The monoisotopic (exact) mass is 275 g/mol. The third-order valence-electron chi connectivity index (χ3n) is 3.25. The van der Waals surface area contributed by atoms with E-state index in [1.165, 1.54) is 12.1 Å². The molecule has 0 aliphatic heterocycles. The molecule has 2 atom stereocenters. The van der Waals surface area contributed by atoms with Gasteiger partial charge in [-0.1, -0.05) is 12.1 Å². The predicted molar refractivity (Wildman–Crippen MR) is 74.4 cm³/mol. The molecular weight excluding hydrogens is 257 g/mol. The van der Waals surface area contributed by atoms with Crippen molar-refractivity contribution < 1.29 is 9.50 Å². The molecule has 0 saturated heterocycles. The highest BCUT2D eigenvalue weighted by Gasteiger charge is 2.23. The van der Waals surface area contributed by atoms with E-state index in [0.717, 1.165) is 5.69 Å². The largest absolute Gasteiger partial charge is 0.384 e. The Bertz CT molecular complexity index is 543. The normalized spacial score (nSPS) is 15.6. The van der Waals surface area contributed by atoms with Crippen LogP contribution in [0.2, 0.25) is 0 Å². The van der Waals surface area contributed by atoms with Crippen LogP contribution < -0.4 is 5.32 Å². The van der Waals surface area contributed by atoms with Crippen LogP contribution in [0.4, 0.5) is 4.39 Å². The highest BCUT2D eigenvalue weighted by molar-refractivity contribution is 5.22. The Balaban J connectivity index is 2.00. The molecule has 2 aromatic rings. The second-order valence-corrected chi connectivity index (χ2v) is 5.01. The first-order chi connectivity index (χ1) is 9.49. The van der Waals surface area contributed by atoms with E-state index in [1.54, 1.807) is 37.6 Å². The third kappa shape index (κ3) is 3.59. The van der Waals surface area contributed by atoms with Crippen LogP contribution in [-0.4, -0.2) is 21.6 Å². The van der Waals surface area contributed by atoms with Gasteiger partial charge in [0.2, 0.25) is 0 Å². The van der Waals surface area contributed by atoms with E-state index >= 15 is 0 Å². The molecule has 0 aliphatic rings. The first-order valence-corrected chi connectivity index (χ1v) is 6.47. The maximum Gasteiger partial charge on any atom is 0.123 e. The van der Waals surface area contributed by atoms with Crippen molar-refractivity contribution in [1.29, 1.82) is 0 Å². The van der Waals surface area contributed by atoms with Gasteiger partial charge in [-0.05, 0) is 31.5 Å². The van der Waals surface area contributed by atoms with Crippen molar-refractivity contribution in [2.24, 2.45) is 0 Å². The molecule has 20 heavy (non-hydrogen) atoms. The molecule has 0 amide bonds.